The minimum absolute atomic E-state index is 0.00306. The van der Waals surface area contributed by atoms with Crippen LogP contribution in [-0.4, -0.2) is 6.04 Å². The molecule has 0 aliphatic rings. The number of nitrogens with one attached hydrogen (secondary N) is 1. The Morgan fingerprint density at radius 1 is 1.19 bits per heavy atom. The first-order valence-corrected chi connectivity index (χ1v) is 7.48. The molecule has 0 amide bonds. The van der Waals surface area contributed by atoms with Crippen molar-refractivity contribution in [2.24, 2.45) is 5.84 Å². The first kappa shape index (κ1) is 16.0. The Morgan fingerprint density at radius 3 is 2.52 bits per heavy atom. The van der Waals surface area contributed by atoms with Crippen LogP contribution in [0.4, 0.5) is 4.39 Å². The normalized spacial score (nSPS) is 13.9. The first-order chi connectivity index (χ1) is 10.2. The maximum absolute atomic E-state index is 13.4. The summed E-state index contributed by atoms with van der Waals surface area (Å²) >= 11 is 6.16. The Hall–Kier alpha value is -1.42. The lowest BCUT2D eigenvalue weighted by atomic mass is 9.86. The van der Waals surface area contributed by atoms with Gasteiger partial charge in [0.25, 0.3) is 0 Å². The van der Waals surface area contributed by atoms with Crippen molar-refractivity contribution < 1.29 is 4.39 Å². The third-order valence-electron chi connectivity index (χ3n) is 3.81. The summed E-state index contributed by atoms with van der Waals surface area (Å²) in [6, 6.07) is 14.6. The molecule has 2 atom stereocenters. The number of halogens is 2. The summed E-state index contributed by atoms with van der Waals surface area (Å²) in [6.45, 7) is 2.12. The van der Waals surface area contributed by atoms with Crippen molar-refractivity contribution in [3.63, 3.8) is 0 Å². The lowest BCUT2D eigenvalue weighted by Gasteiger charge is -2.26. The maximum atomic E-state index is 13.4. The Morgan fingerprint density at radius 2 is 1.90 bits per heavy atom. The second-order valence-electron chi connectivity index (χ2n) is 5.14. The Kier molecular flexibility index (Phi) is 5.74. The van der Waals surface area contributed by atoms with Crippen LogP contribution >= 0.6 is 11.6 Å². The van der Waals surface area contributed by atoms with Gasteiger partial charge < -0.3 is 0 Å². The van der Waals surface area contributed by atoms with Crippen LogP contribution in [-0.2, 0) is 6.42 Å². The van der Waals surface area contributed by atoms with E-state index >= 15 is 0 Å². The molecule has 0 saturated carbocycles. The molecule has 112 valence electrons. The van der Waals surface area contributed by atoms with Crippen molar-refractivity contribution in [1.82, 2.24) is 5.43 Å². The van der Waals surface area contributed by atoms with Crippen LogP contribution < -0.4 is 11.3 Å². The van der Waals surface area contributed by atoms with Crippen LogP contribution in [0.25, 0.3) is 0 Å². The molecule has 2 aromatic carbocycles. The van der Waals surface area contributed by atoms with Crippen LogP contribution in [0.15, 0.2) is 48.5 Å². The summed E-state index contributed by atoms with van der Waals surface area (Å²) in [4.78, 5) is 0. The van der Waals surface area contributed by atoms with Crippen molar-refractivity contribution in [3.8, 4) is 0 Å². The molecule has 0 aliphatic carbocycles. The summed E-state index contributed by atoms with van der Waals surface area (Å²) in [5.41, 5.74) is 4.86. The van der Waals surface area contributed by atoms with Gasteiger partial charge in [0.15, 0.2) is 0 Å². The molecule has 0 spiro atoms. The van der Waals surface area contributed by atoms with E-state index in [-0.39, 0.29) is 17.8 Å². The molecule has 4 heteroatoms. The fourth-order valence-electron chi connectivity index (χ4n) is 2.71. The quantitative estimate of drug-likeness (QED) is 0.624. The van der Waals surface area contributed by atoms with Gasteiger partial charge in [-0.05, 0) is 42.2 Å². The third kappa shape index (κ3) is 4.03. The topological polar surface area (TPSA) is 38.0 Å². The number of hydrogen-bond donors (Lipinski definition) is 2. The highest BCUT2D eigenvalue weighted by Gasteiger charge is 2.22. The van der Waals surface area contributed by atoms with Crippen molar-refractivity contribution >= 4 is 11.6 Å². The Labute approximate surface area is 130 Å². The third-order valence-corrected chi connectivity index (χ3v) is 4.18. The molecule has 0 aliphatic heterocycles. The lowest BCUT2D eigenvalue weighted by Crippen LogP contribution is -2.41. The number of benzene rings is 2. The van der Waals surface area contributed by atoms with Crippen LogP contribution in [0.3, 0.4) is 0 Å². The lowest BCUT2D eigenvalue weighted by molar-refractivity contribution is 0.427. The maximum Gasteiger partial charge on any atom is 0.123 e. The zero-order valence-corrected chi connectivity index (χ0v) is 12.8. The van der Waals surface area contributed by atoms with Gasteiger partial charge in [-0.3, -0.25) is 11.3 Å². The Balaban J connectivity index is 2.24. The highest BCUT2D eigenvalue weighted by molar-refractivity contribution is 6.31. The van der Waals surface area contributed by atoms with E-state index in [1.165, 1.54) is 17.7 Å². The molecule has 0 heterocycles. The standard InChI is InChI=1S/C17H20ClFN2/c1-2-15(12-6-4-3-5-7-12)17(21-20)11-13-10-14(19)8-9-16(13)18/h3-10,15,17,21H,2,11,20H2,1H3. The van der Waals surface area contributed by atoms with E-state index in [1.54, 1.807) is 6.07 Å². The van der Waals surface area contributed by atoms with Crippen LogP contribution in [0, 0.1) is 5.82 Å². The molecule has 21 heavy (non-hydrogen) atoms. The molecule has 2 rings (SSSR count). The van der Waals surface area contributed by atoms with Crippen molar-refractivity contribution in [1.29, 1.82) is 0 Å². The summed E-state index contributed by atoms with van der Waals surface area (Å²) in [7, 11) is 0. The summed E-state index contributed by atoms with van der Waals surface area (Å²) in [5, 5.41) is 0.569. The highest BCUT2D eigenvalue weighted by atomic mass is 35.5. The molecule has 2 nitrogen and oxygen atoms in total. The van der Waals surface area contributed by atoms with Crippen LogP contribution in [0.2, 0.25) is 5.02 Å². The van der Waals surface area contributed by atoms with Gasteiger partial charge in [0.05, 0.1) is 0 Å². The van der Waals surface area contributed by atoms with Crippen molar-refractivity contribution in [2.75, 3.05) is 0 Å². The predicted molar refractivity (Wildman–Crippen MR) is 85.7 cm³/mol. The fourth-order valence-corrected chi connectivity index (χ4v) is 2.90. The van der Waals surface area contributed by atoms with E-state index in [1.807, 2.05) is 18.2 Å². The van der Waals surface area contributed by atoms with Gasteiger partial charge in [0.2, 0.25) is 0 Å². The molecule has 3 N–H and O–H groups in total. The van der Waals surface area contributed by atoms with E-state index in [0.29, 0.717) is 11.4 Å². The average Bonchev–Trinajstić information content (AvgIpc) is 2.51. The van der Waals surface area contributed by atoms with Crippen LogP contribution in [0.1, 0.15) is 30.4 Å². The van der Waals surface area contributed by atoms with E-state index < -0.39 is 0 Å². The zero-order chi connectivity index (χ0) is 15.2. The van der Waals surface area contributed by atoms with Gasteiger partial charge in [-0.1, -0.05) is 48.9 Å². The van der Waals surface area contributed by atoms with Crippen molar-refractivity contribution in [3.05, 3.63) is 70.5 Å². The summed E-state index contributed by atoms with van der Waals surface area (Å²) in [5.74, 6) is 5.70. The van der Waals surface area contributed by atoms with E-state index in [0.717, 1.165) is 12.0 Å². The molecular formula is C17H20ClFN2. The number of hydrogen-bond acceptors (Lipinski definition) is 2. The average molecular weight is 307 g/mol. The van der Waals surface area contributed by atoms with Crippen LogP contribution in [0.5, 0.6) is 0 Å². The number of nitrogens with two attached hydrogens (primary N) is 1. The zero-order valence-electron chi connectivity index (χ0n) is 12.0. The van der Waals surface area contributed by atoms with Gasteiger partial charge in [-0.15, -0.1) is 0 Å². The SMILES string of the molecule is CCC(c1ccccc1)C(Cc1cc(F)ccc1Cl)NN. The summed E-state index contributed by atoms with van der Waals surface area (Å²) in [6.07, 6.45) is 1.52. The number of rotatable bonds is 6. The van der Waals surface area contributed by atoms with Gasteiger partial charge in [-0.2, -0.15) is 0 Å². The molecule has 0 fully saturated rings. The molecule has 2 unspecified atom stereocenters. The van der Waals surface area contributed by atoms with Gasteiger partial charge in [0, 0.05) is 17.0 Å². The minimum Gasteiger partial charge on any atom is -0.271 e. The Bertz CT molecular complexity index is 574. The van der Waals surface area contributed by atoms with Gasteiger partial charge in [-0.25, -0.2) is 4.39 Å². The number of hydrazine groups is 1. The first-order valence-electron chi connectivity index (χ1n) is 7.10. The van der Waals surface area contributed by atoms with E-state index in [4.69, 9.17) is 17.4 Å². The summed E-state index contributed by atoms with van der Waals surface area (Å²) < 4.78 is 13.4. The largest absolute Gasteiger partial charge is 0.271 e. The monoisotopic (exact) mass is 306 g/mol. The molecule has 0 saturated heterocycles. The van der Waals surface area contributed by atoms with E-state index in [9.17, 15) is 4.39 Å². The van der Waals surface area contributed by atoms with Crippen molar-refractivity contribution in [2.45, 2.75) is 31.7 Å². The highest BCUT2D eigenvalue weighted by Crippen LogP contribution is 2.27. The second kappa shape index (κ2) is 7.55. The van der Waals surface area contributed by atoms with Gasteiger partial charge in [0.1, 0.15) is 5.82 Å². The van der Waals surface area contributed by atoms with Gasteiger partial charge >= 0.3 is 0 Å². The fraction of sp³-hybridized carbons (Fsp3) is 0.294. The molecule has 0 bridgehead atoms. The molecule has 2 aromatic rings. The second-order valence-corrected chi connectivity index (χ2v) is 5.55. The van der Waals surface area contributed by atoms with E-state index in [2.05, 4.69) is 24.5 Å². The smallest absolute Gasteiger partial charge is 0.123 e. The molecule has 0 aromatic heterocycles. The predicted octanol–water partition coefficient (Wildman–Crippen LogP) is 4.05. The molecular weight excluding hydrogens is 287 g/mol. The minimum atomic E-state index is -0.280. The molecule has 0 radical (unpaired) electrons.